The first-order valence-electron chi connectivity index (χ1n) is 10.8. The molecule has 7 heteroatoms. The van der Waals surface area contributed by atoms with Crippen molar-refractivity contribution >= 4 is 5.96 Å². The molecule has 6 nitrogen and oxygen atoms in total. The fourth-order valence-electron chi connectivity index (χ4n) is 4.76. The number of fused-ring (bicyclic) bond motifs is 2. The second kappa shape index (κ2) is 7.50. The van der Waals surface area contributed by atoms with E-state index in [0.717, 1.165) is 36.1 Å². The third-order valence-corrected chi connectivity index (χ3v) is 6.75. The zero-order chi connectivity index (χ0) is 21.8. The predicted octanol–water partition coefficient (Wildman–Crippen LogP) is 4.03. The van der Waals surface area contributed by atoms with Crippen molar-refractivity contribution in [1.29, 1.82) is 0 Å². The molecule has 5 rings (SSSR count). The zero-order valence-corrected chi connectivity index (χ0v) is 18.2. The van der Waals surface area contributed by atoms with Crippen molar-refractivity contribution in [3.05, 3.63) is 52.8 Å². The molecule has 2 aromatic carbocycles. The van der Waals surface area contributed by atoms with Crippen molar-refractivity contribution < 1.29 is 18.7 Å². The van der Waals surface area contributed by atoms with Crippen molar-refractivity contribution in [1.82, 2.24) is 5.06 Å². The molecule has 0 saturated carbocycles. The molecule has 0 radical (unpaired) electrons. The summed E-state index contributed by atoms with van der Waals surface area (Å²) in [5.41, 5.74) is 8.76. The van der Waals surface area contributed by atoms with Crippen LogP contribution >= 0.6 is 0 Å². The normalized spacial score (nSPS) is 27.7. The van der Waals surface area contributed by atoms with Crippen LogP contribution < -0.4 is 10.5 Å². The Morgan fingerprint density at radius 3 is 2.77 bits per heavy atom. The van der Waals surface area contributed by atoms with E-state index in [1.54, 1.807) is 14.0 Å². The molecule has 164 valence electrons. The number of ether oxygens (including phenoxy) is 2. The second-order valence-corrected chi connectivity index (χ2v) is 8.76. The van der Waals surface area contributed by atoms with Crippen LogP contribution in [0.2, 0.25) is 0 Å². The fraction of sp³-hybridized carbons (Fsp3) is 0.458. The van der Waals surface area contributed by atoms with Gasteiger partial charge in [-0.25, -0.2) is 19.3 Å². The zero-order valence-electron chi connectivity index (χ0n) is 18.2. The highest BCUT2D eigenvalue weighted by Crippen LogP contribution is 2.49. The van der Waals surface area contributed by atoms with E-state index in [0.29, 0.717) is 35.9 Å². The lowest BCUT2D eigenvalue weighted by molar-refractivity contribution is -0.196. The van der Waals surface area contributed by atoms with Crippen molar-refractivity contribution in [2.75, 3.05) is 20.3 Å². The van der Waals surface area contributed by atoms with Crippen LogP contribution in [-0.4, -0.2) is 37.4 Å². The van der Waals surface area contributed by atoms with E-state index >= 15 is 4.39 Å². The standard InChI is InChI=1S/C24H28FN3O3/c1-14-6-8-18(22(25)15(14)2)16-7-9-20-19(11-16)24(27-23(26)28(3)31-24)12-21(30-20)17-5-4-10-29-13-17/h6-9,11,17,21H,4-5,10,12-13H2,1-3H3,(H2,26,27). The van der Waals surface area contributed by atoms with Crippen molar-refractivity contribution in [2.24, 2.45) is 16.6 Å². The lowest BCUT2D eigenvalue weighted by Crippen LogP contribution is -2.44. The summed E-state index contributed by atoms with van der Waals surface area (Å²) in [4.78, 5) is 10.9. The lowest BCUT2D eigenvalue weighted by Gasteiger charge is -2.41. The smallest absolute Gasteiger partial charge is 0.221 e. The van der Waals surface area contributed by atoms with Crippen molar-refractivity contribution in [3.63, 3.8) is 0 Å². The monoisotopic (exact) mass is 425 g/mol. The summed E-state index contributed by atoms with van der Waals surface area (Å²) < 4.78 is 27.2. The summed E-state index contributed by atoms with van der Waals surface area (Å²) in [6, 6.07) is 9.47. The molecular weight excluding hydrogens is 397 g/mol. The van der Waals surface area contributed by atoms with Gasteiger partial charge in [0.05, 0.1) is 12.2 Å². The molecule has 1 saturated heterocycles. The molecule has 3 unspecified atom stereocenters. The minimum absolute atomic E-state index is 0.0972. The van der Waals surface area contributed by atoms with E-state index in [4.69, 9.17) is 25.0 Å². The maximum atomic E-state index is 15.0. The third kappa shape index (κ3) is 3.36. The molecule has 0 amide bonds. The Morgan fingerprint density at radius 1 is 1.23 bits per heavy atom. The van der Waals surface area contributed by atoms with Gasteiger partial charge in [-0.15, -0.1) is 0 Å². The predicted molar refractivity (Wildman–Crippen MR) is 116 cm³/mol. The molecule has 3 heterocycles. The maximum absolute atomic E-state index is 15.0. The van der Waals surface area contributed by atoms with E-state index in [1.165, 1.54) is 5.06 Å². The van der Waals surface area contributed by atoms with Gasteiger partial charge in [-0.1, -0.05) is 18.2 Å². The number of rotatable bonds is 2. The molecule has 2 aromatic rings. The number of halogens is 1. The minimum Gasteiger partial charge on any atom is -0.489 e. The number of aryl methyl sites for hydroxylation is 1. The maximum Gasteiger partial charge on any atom is 0.221 e. The summed E-state index contributed by atoms with van der Waals surface area (Å²) in [6.45, 7) is 5.16. The van der Waals surface area contributed by atoms with Crippen molar-refractivity contribution in [3.8, 4) is 16.9 Å². The van der Waals surface area contributed by atoms with E-state index in [9.17, 15) is 0 Å². The number of nitrogens with two attached hydrogens (primary N) is 1. The molecule has 0 aliphatic carbocycles. The summed E-state index contributed by atoms with van der Waals surface area (Å²) in [5, 5.41) is 1.49. The van der Waals surface area contributed by atoms with E-state index in [1.807, 2.05) is 37.3 Å². The SMILES string of the molecule is Cc1ccc(-c2ccc3c(c2)C2(CC(C4CCCOC4)O3)N=C(N)N(C)O2)c(F)c1C. The molecule has 1 fully saturated rings. The van der Waals surface area contributed by atoms with Crippen LogP contribution in [0, 0.1) is 25.6 Å². The average molecular weight is 426 g/mol. The first-order chi connectivity index (χ1) is 14.9. The summed E-state index contributed by atoms with van der Waals surface area (Å²) in [5.74, 6) is 1.06. The number of hydrogen-bond acceptors (Lipinski definition) is 6. The van der Waals surface area contributed by atoms with Gasteiger partial charge in [-0.2, -0.15) is 0 Å². The summed E-state index contributed by atoms with van der Waals surface area (Å²) in [7, 11) is 1.74. The number of benzene rings is 2. The van der Waals surface area contributed by atoms with Gasteiger partial charge in [-0.05, 0) is 55.5 Å². The third-order valence-electron chi connectivity index (χ3n) is 6.75. The van der Waals surface area contributed by atoms with Gasteiger partial charge < -0.3 is 15.2 Å². The Labute approximate surface area is 181 Å². The van der Waals surface area contributed by atoms with Gasteiger partial charge in [0.15, 0.2) is 0 Å². The quantitative estimate of drug-likeness (QED) is 0.787. The highest BCUT2D eigenvalue weighted by Gasteiger charge is 2.50. The van der Waals surface area contributed by atoms with Crippen LogP contribution in [0.1, 0.15) is 36.0 Å². The van der Waals surface area contributed by atoms with Gasteiger partial charge in [0, 0.05) is 31.6 Å². The first kappa shape index (κ1) is 20.3. The molecule has 3 aliphatic heterocycles. The molecule has 31 heavy (non-hydrogen) atoms. The fourth-order valence-corrected chi connectivity index (χ4v) is 4.76. The first-order valence-corrected chi connectivity index (χ1v) is 10.8. The largest absolute Gasteiger partial charge is 0.489 e. The Bertz CT molecular complexity index is 1050. The Kier molecular flexibility index (Phi) is 4.90. The number of hydroxylamine groups is 2. The number of aliphatic imine (C=N–C) groups is 1. The number of guanidine groups is 1. The summed E-state index contributed by atoms with van der Waals surface area (Å²) >= 11 is 0. The van der Waals surface area contributed by atoms with E-state index in [-0.39, 0.29) is 17.8 Å². The molecule has 0 bridgehead atoms. The Balaban J connectivity index is 1.59. The van der Waals surface area contributed by atoms with Crippen LogP contribution in [0.3, 0.4) is 0 Å². The molecule has 1 spiro atoms. The Hall–Kier alpha value is -2.64. The second-order valence-electron chi connectivity index (χ2n) is 8.76. The van der Waals surface area contributed by atoms with Crippen LogP contribution in [-0.2, 0) is 15.3 Å². The molecule has 0 aromatic heterocycles. The van der Waals surface area contributed by atoms with Gasteiger partial charge >= 0.3 is 0 Å². The van der Waals surface area contributed by atoms with Crippen LogP contribution in [0.4, 0.5) is 4.39 Å². The molecule has 3 atom stereocenters. The average Bonchev–Trinajstić information content (AvgIpc) is 3.06. The molecule has 3 aliphatic rings. The molecular formula is C24H28FN3O3. The van der Waals surface area contributed by atoms with Crippen molar-refractivity contribution in [2.45, 2.75) is 44.9 Å². The number of nitrogens with zero attached hydrogens (tertiary/aromatic N) is 2. The highest BCUT2D eigenvalue weighted by molar-refractivity contribution is 5.79. The van der Waals surface area contributed by atoms with Gasteiger partial charge in [0.1, 0.15) is 17.7 Å². The lowest BCUT2D eigenvalue weighted by atomic mass is 9.84. The van der Waals surface area contributed by atoms with Gasteiger partial charge in [0.2, 0.25) is 11.7 Å². The number of hydrogen-bond donors (Lipinski definition) is 1. The topological polar surface area (TPSA) is 69.3 Å². The van der Waals surface area contributed by atoms with Crippen LogP contribution in [0.5, 0.6) is 5.75 Å². The van der Waals surface area contributed by atoms with Gasteiger partial charge in [0.25, 0.3) is 0 Å². The highest BCUT2D eigenvalue weighted by atomic mass is 19.1. The minimum atomic E-state index is -0.985. The Morgan fingerprint density at radius 2 is 2.06 bits per heavy atom. The van der Waals surface area contributed by atoms with E-state index in [2.05, 4.69) is 0 Å². The van der Waals surface area contributed by atoms with Crippen LogP contribution in [0.15, 0.2) is 35.3 Å². The van der Waals surface area contributed by atoms with Gasteiger partial charge in [-0.3, -0.25) is 0 Å². The summed E-state index contributed by atoms with van der Waals surface area (Å²) in [6.07, 6.45) is 2.48. The molecule has 2 N–H and O–H groups in total. The van der Waals surface area contributed by atoms with E-state index < -0.39 is 5.72 Å². The van der Waals surface area contributed by atoms with Crippen LogP contribution in [0.25, 0.3) is 11.1 Å².